The smallest absolute Gasteiger partial charge is 0.225 e. The van der Waals surface area contributed by atoms with Crippen LogP contribution in [0.5, 0.6) is 5.75 Å². The zero-order valence-corrected chi connectivity index (χ0v) is 13.8. The van der Waals surface area contributed by atoms with E-state index in [9.17, 15) is 4.79 Å². The molecule has 3 unspecified atom stereocenters. The number of para-hydroxylation sites is 1. The quantitative estimate of drug-likeness (QED) is 0.862. The lowest BCUT2D eigenvalue weighted by molar-refractivity contribution is -0.125. The maximum absolute atomic E-state index is 12.5. The first-order valence-corrected chi connectivity index (χ1v) is 7.78. The van der Waals surface area contributed by atoms with Crippen molar-refractivity contribution in [3.63, 3.8) is 0 Å². The maximum atomic E-state index is 12.5. The first kappa shape index (κ1) is 17.0. The fraction of sp³-hybridized carbons (Fsp3) is 0.316. The van der Waals surface area contributed by atoms with Gasteiger partial charge in [-0.05, 0) is 18.6 Å². The maximum Gasteiger partial charge on any atom is 0.225 e. The highest BCUT2D eigenvalue weighted by Crippen LogP contribution is 2.30. The van der Waals surface area contributed by atoms with Crippen LogP contribution in [0.3, 0.4) is 0 Å². The van der Waals surface area contributed by atoms with Gasteiger partial charge in [-0.1, -0.05) is 55.5 Å². The third kappa shape index (κ3) is 4.11. The fourth-order valence-corrected chi connectivity index (χ4v) is 2.40. The molecule has 4 nitrogen and oxygen atoms in total. The molecule has 0 heterocycles. The number of ether oxygens (including phenoxy) is 1. The molecule has 0 spiro atoms. The number of methoxy groups -OCH3 is 1. The van der Waals surface area contributed by atoms with Crippen LogP contribution in [-0.4, -0.2) is 19.1 Å². The van der Waals surface area contributed by atoms with Crippen LogP contribution in [0.2, 0.25) is 0 Å². The van der Waals surface area contributed by atoms with Gasteiger partial charge in [0.25, 0.3) is 0 Å². The second-order valence-corrected chi connectivity index (χ2v) is 5.74. The molecule has 122 valence electrons. The first-order chi connectivity index (χ1) is 11.0. The largest absolute Gasteiger partial charge is 0.496 e. The van der Waals surface area contributed by atoms with Gasteiger partial charge in [-0.3, -0.25) is 4.79 Å². The zero-order chi connectivity index (χ0) is 16.8. The third-order valence-electron chi connectivity index (χ3n) is 4.07. The van der Waals surface area contributed by atoms with Crippen LogP contribution >= 0.6 is 0 Å². The summed E-state index contributed by atoms with van der Waals surface area (Å²) in [5.74, 6) is 0.408. The summed E-state index contributed by atoms with van der Waals surface area (Å²) in [6.45, 7) is 3.68. The number of carbonyl (C=O) groups is 1. The van der Waals surface area contributed by atoms with Gasteiger partial charge in [0.15, 0.2) is 0 Å². The predicted molar refractivity (Wildman–Crippen MR) is 92.2 cm³/mol. The van der Waals surface area contributed by atoms with Crippen LogP contribution in [0.1, 0.15) is 31.0 Å². The van der Waals surface area contributed by atoms with E-state index in [1.165, 1.54) is 0 Å². The molecule has 2 rings (SSSR count). The van der Waals surface area contributed by atoms with Gasteiger partial charge in [0.1, 0.15) is 5.75 Å². The second-order valence-electron chi connectivity index (χ2n) is 5.74. The molecule has 3 N–H and O–H groups in total. The molecule has 0 radical (unpaired) electrons. The van der Waals surface area contributed by atoms with Crippen molar-refractivity contribution >= 4 is 5.91 Å². The van der Waals surface area contributed by atoms with Crippen molar-refractivity contribution in [2.24, 2.45) is 11.7 Å². The summed E-state index contributed by atoms with van der Waals surface area (Å²) in [5.41, 5.74) is 7.79. The lowest BCUT2D eigenvalue weighted by Gasteiger charge is -2.24. The van der Waals surface area contributed by atoms with E-state index in [4.69, 9.17) is 10.5 Å². The molecule has 4 heteroatoms. The summed E-state index contributed by atoms with van der Waals surface area (Å²) in [6.07, 6.45) is 0. The van der Waals surface area contributed by atoms with E-state index in [-0.39, 0.29) is 23.9 Å². The Morgan fingerprint density at radius 2 is 1.65 bits per heavy atom. The predicted octanol–water partition coefficient (Wildman–Crippen LogP) is 2.88. The van der Waals surface area contributed by atoms with Gasteiger partial charge in [0, 0.05) is 17.5 Å². The summed E-state index contributed by atoms with van der Waals surface area (Å²) < 4.78 is 5.46. The van der Waals surface area contributed by atoms with E-state index in [2.05, 4.69) is 5.32 Å². The van der Waals surface area contributed by atoms with Gasteiger partial charge in [-0.25, -0.2) is 0 Å². The van der Waals surface area contributed by atoms with Gasteiger partial charge >= 0.3 is 0 Å². The van der Waals surface area contributed by atoms with E-state index in [0.717, 1.165) is 16.9 Å². The highest BCUT2D eigenvalue weighted by atomic mass is 16.5. The highest BCUT2D eigenvalue weighted by Gasteiger charge is 2.24. The highest BCUT2D eigenvalue weighted by molar-refractivity contribution is 5.80. The summed E-state index contributed by atoms with van der Waals surface area (Å²) in [7, 11) is 1.63. The molecular formula is C19H24N2O2. The van der Waals surface area contributed by atoms with E-state index in [1.807, 2.05) is 68.4 Å². The zero-order valence-electron chi connectivity index (χ0n) is 13.8. The molecule has 0 aliphatic carbocycles. The number of hydrogen-bond acceptors (Lipinski definition) is 3. The Morgan fingerprint density at radius 1 is 1.04 bits per heavy atom. The molecule has 0 aliphatic heterocycles. The number of amides is 1. The van der Waals surface area contributed by atoms with Crippen molar-refractivity contribution in [3.8, 4) is 5.75 Å². The number of nitrogens with two attached hydrogens (primary N) is 1. The SMILES string of the molecule is COc1ccccc1C(NC(=O)C(C)C(C)N)c1ccccc1. The van der Waals surface area contributed by atoms with Crippen molar-refractivity contribution < 1.29 is 9.53 Å². The number of benzene rings is 2. The Labute approximate surface area is 137 Å². The van der Waals surface area contributed by atoms with E-state index in [0.29, 0.717) is 0 Å². The van der Waals surface area contributed by atoms with Gasteiger partial charge in [-0.15, -0.1) is 0 Å². The molecular weight excluding hydrogens is 288 g/mol. The molecule has 0 saturated carbocycles. The van der Waals surface area contributed by atoms with Crippen LogP contribution in [0.4, 0.5) is 0 Å². The molecule has 0 fully saturated rings. The molecule has 0 aromatic heterocycles. The van der Waals surface area contributed by atoms with Crippen molar-refractivity contribution in [2.75, 3.05) is 7.11 Å². The molecule has 2 aromatic rings. The molecule has 0 aliphatic rings. The number of hydrogen-bond donors (Lipinski definition) is 2. The number of rotatable bonds is 6. The summed E-state index contributed by atoms with van der Waals surface area (Å²) in [6, 6.07) is 17.1. The fourth-order valence-electron chi connectivity index (χ4n) is 2.40. The van der Waals surface area contributed by atoms with Crippen LogP contribution < -0.4 is 15.8 Å². The van der Waals surface area contributed by atoms with Crippen molar-refractivity contribution in [2.45, 2.75) is 25.9 Å². The molecule has 1 amide bonds. The topological polar surface area (TPSA) is 64.3 Å². The average molecular weight is 312 g/mol. The minimum absolute atomic E-state index is 0.0697. The van der Waals surface area contributed by atoms with Crippen LogP contribution in [0, 0.1) is 5.92 Å². The number of nitrogens with one attached hydrogen (secondary N) is 1. The summed E-state index contributed by atoms with van der Waals surface area (Å²) in [4.78, 5) is 12.5. The normalized spacial score (nSPS) is 14.6. The Kier molecular flexibility index (Phi) is 5.77. The summed E-state index contributed by atoms with van der Waals surface area (Å²) >= 11 is 0. The van der Waals surface area contributed by atoms with Gasteiger partial charge in [0.05, 0.1) is 13.2 Å². The van der Waals surface area contributed by atoms with Crippen molar-refractivity contribution in [1.29, 1.82) is 0 Å². The van der Waals surface area contributed by atoms with Gasteiger partial charge in [-0.2, -0.15) is 0 Å². The number of carbonyl (C=O) groups excluding carboxylic acids is 1. The molecule has 23 heavy (non-hydrogen) atoms. The Morgan fingerprint density at radius 3 is 2.26 bits per heavy atom. The third-order valence-corrected chi connectivity index (χ3v) is 4.07. The average Bonchev–Trinajstić information content (AvgIpc) is 2.59. The summed E-state index contributed by atoms with van der Waals surface area (Å²) in [5, 5.41) is 3.11. The van der Waals surface area contributed by atoms with E-state index >= 15 is 0 Å². The van der Waals surface area contributed by atoms with Crippen LogP contribution in [0.15, 0.2) is 54.6 Å². The Bertz CT molecular complexity index is 641. The van der Waals surface area contributed by atoms with Gasteiger partial charge < -0.3 is 15.8 Å². The van der Waals surface area contributed by atoms with E-state index < -0.39 is 0 Å². The van der Waals surface area contributed by atoms with Crippen LogP contribution in [0.25, 0.3) is 0 Å². The molecule has 0 saturated heterocycles. The molecule has 2 aromatic carbocycles. The Hall–Kier alpha value is -2.33. The minimum atomic E-state index is -0.277. The standard InChI is InChI=1S/C19H24N2O2/c1-13(14(2)20)19(22)21-18(15-9-5-4-6-10-15)16-11-7-8-12-17(16)23-3/h4-14,18H,20H2,1-3H3,(H,21,22). The van der Waals surface area contributed by atoms with Gasteiger partial charge in [0.2, 0.25) is 5.91 Å². The minimum Gasteiger partial charge on any atom is -0.496 e. The first-order valence-electron chi connectivity index (χ1n) is 7.78. The lowest BCUT2D eigenvalue weighted by Crippen LogP contribution is -2.40. The van der Waals surface area contributed by atoms with Crippen molar-refractivity contribution in [3.05, 3.63) is 65.7 Å². The monoisotopic (exact) mass is 312 g/mol. The van der Waals surface area contributed by atoms with Crippen LogP contribution in [-0.2, 0) is 4.79 Å². The lowest BCUT2D eigenvalue weighted by atomic mass is 9.96. The second kappa shape index (κ2) is 7.79. The van der Waals surface area contributed by atoms with E-state index in [1.54, 1.807) is 7.11 Å². The molecule has 0 bridgehead atoms. The van der Waals surface area contributed by atoms with Crippen molar-refractivity contribution in [1.82, 2.24) is 5.32 Å². The molecule has 3 atom stereocenters. The Balaban J connectivity index is 2.39.